The lowest BCUT2D eigenvalue weighted by molar-refractivity contribution is -0.132. The van der Waals surface area contributed by atoms with Crippen molar-refractivity contribution in [3.8, 4) is 0 Å². The minimum atomic E-state index is -0.996. The lowest BCUT2D eigenvalue weighted by Crippen LogP contribution is -2.24. The number of rotatable bonds is 19. The number of ether oxygens (including phenoxy) is 2. The molecule has 286 valence electrons. The Labute approximate surface area is 315 Å². The van der Waals surface area contributed by atoms with Crippen LogP contribution in [0.5, 0.6) is 0 Å². The van der Waals surface area contributed by atoms with Gasteiger partial charge in [-0.25, -0.2) is 19.2 Å². The molecule has 0 radical (unpaired) electrons. The van der Waals surface area contributed by atoms with Crippen LogP contribution in [-0.4, -0.2) is 46.3 Å². The van der Waals surface area contributed by atoms with E-state index in [9.17, 15) is 19.2 Å². The van der Waals surface area contributed by atoms with Crippen molar-refractivity contribution in [3.05, 3.63) is 108 Å². The van der Waals surface area contributed by atoms with Gasteiger partial charge in [0.1, 0.15) is 12.2 Å². The molecule has 0 atom stereocenters. The first-order valence-corrected chi connectivity index (χ1v) is 19.3. The van der Waals surface area contributed by atoms with E-state index in [1.165, 1.54) is 57.1 Å². The van der Waals surface area contributed by atoms with Crippen molar-refractivity contribution in [1.29, 1.82) is 0 Å². The van der Waals surface area contributed by atoms with E-state index in [4.69, 9.17) is 19.7 Å². The number of carboxylic acids is 2. The normalized spacial score (nSPS) is 19.8. The van der Waals surface area contributed by atoms with Crippen LogP contribution in [0.1, 0.15) is 141 Å². The minimum Gasteiger partial charge on any atom is -0.478 e. The van der Waals surface area contributed by atoms with Crippen molar-refractivity contribution < 1.29 is 38.9 Å². The van der Waals surface area contributed by atoms with Gasteiger partial charge in [0.2, 0.25) is 0 Å². The first-order valence-electron chi connectivity index (χ1n) is 19.3. The van der Waals surface area contributed by atoms with E-state index in [0.717, 1.165) is 99.3 Å². The molecular weight excluding hydrogens is 668 g/mol. The summed E-state index contributed by atoms with van der Waals surface area (Å²) >= 11 is 0. The van der Waals surface area contributed by atoms with Crippen LogP contribution in [0.4, 0.5) is 0 Å². The summed E-state index contributed by atoms with van der Waals surface area (Å²) in [5.74, 6) is -1.06. The highest BCUT2D eigenvalue weighted by molar-refractivity contribution is 5.91. The van der Waals surface area contributed by atoms with Crippen LogP contribution in [0.2, 0.25) is 0 Å². The molecule has 0 unspecified atom stereocenters. The second-order valence-electron chi connectivity index (χ2n) is 14.2. The summed E-state index contributed by atoms with van der Waals surface area (Å²) in [6, 6.07) is 13.6. The highest BCUT2D eigenvalue weighted by atomic mass is 16.5. The lowest BCUT2D eigenvalue weighted by Gasteiger charge is -2.28. The lowest BCUT2D eigenvalue weighted by atomic mass is 9.84. The number of carbonyl (C=O) groups excluding carboxylic acids is 2. The quantitative estimate of drug-likeness (QED) is 0.0634. The second kappa shape index (κ2) is 24.5. The van der Waals surface area contributed by atoms with E-state index >= 15 is 0 Å². The average Bonchev–Trinajstić information content (AvgIpc) is 3.16. The monoisotopic (exact) mass is 726 g/mol. The van der Waals surface area contributed by atoms with Crippen LogP contribution in [0.3, 0.4) is 0 Å². The Bertz CT molecular complexity index is 1490. The van der Waals surface area contributed by atoms with Crippen molar-refractivity contribution in [2.24, 2.45) is 11.8 Å². The first kappa shape index (κ1) is 42.7. The summed E-state index contributed by atoms with van der Waals surface area (Å²) in [5, 5.41) is 17.3. The number of benzene rings is 2. The van der Waals surface area contributed by atoms with Crippen molar-refractivity contribution in [2.75, 3.05) is 0 Å². The summed E-state index contributed by atoms with van der Waals surface area (Å²) in [5.41, 5.74) is 2.49. The number of hydrogen-bond acceptors (Lipinski definition) is 6. The van der Waals surface area contributed by atoms with E-state index in [1.54, 1.807) is 48.5 Å². The molecule has 0 bridgehead atoms. The highest BCUT2D eigenvalue weighted by Gasteiger charge is 2.25. The Balaban J connectivity index is 0.000000286. The molecule has 2 N–H and O–H groups in total. The molecule has 2 saturated carbocycles. The summed E-state index contributed by atoms with van der Waals surface area (Å²) in [6.45, 7) is 7.51. The largest absolute Gasteiger partial charge is 0.478 e. The van der Waals surface area contributed by atoms with Crippen molar-refractivity contribution in [1.82, 2.24) is 0 Å². The predicted octanol–water partition coefficient (Wildman–Crippen LogP) is 10.9. The van der Waals surface area contributed by atoms with Gasteiger partial charge in [-0.3, -0.25) is 0 Å². The molecule has 0 aliphatic heterocycles. The fourth-order valence-corrected chi connectivity index (χ4v) is 6.93. The molecule has 2 aromatic carbocycles. The molecule has 53 heavy (non-hydrogen) atoms. The third-order valence-electron chi connectivity index (χ3n) is 10.1. The van der Waals surface area contributed by atoms with Crippen LogP contribution in [0, 0.1) is 11.8 Å². The van der Waals surface area contributed by atoms with Gasteiger partial charge in [-0.1, -0.05) is 68.5 Å². The van der Waals surface area contributed by atoms with Crippen LogP contribution in [0.15, 0.2) is 86.0 Å². The molecule has 0 saturated heterocycles. The zero-order valence-electron chi connectivity index (χ0n) is 31.2. The number of hydrogen-bond donors (Lipinski definition) is 2. The number of unbranched alkanes of at least 4 members (excludes halogenated alkanes) is 5. The van der Waals surface area contributed by atoms with Gasteiger partial charge in [0.15, 0.2) is 0 Å². The van der Waals surface area contributed by atoms with Crippen LogP contribution in [0.25, 0.3) is 12.2 Å². The topological polar surface area (TPSA) is 127 Å². The van der Waals surface area contributed by atoms with Crippen molar-refractivity contribution in [3.63, 3.8) is 0 Å². The molecule has 2 fully saturated rings. The van der Waals surface area contributed by atoms with Crippen molar-refractivity contribution >= 4 is 36.0 Å². The summed E-state index contributed by atoms with van der Waals surface area (Å²) < 4.78 is 11.3. The fourth-order valence-electron chi connectivity index (χ4n) is 6.93. The number of esters is 2. The third kappa shape index (κ3) is 17.6. The van der Waals surface area contributed by atoms with Crippen LogP contribution < -0.4 is 0 Å². The highest BCUT2D eigenvalue weighted by Crippen LogP contribution is 2.32. The first-order chi connectivity index (χ1) is 25.7. The Kier molecular flexibility index (Phi) is 19.7. The zero-order valence-corrected chi connectivity index (χ0v) is 31.2. The predicted molar refractivity (Wildman–Crippen MR) is 210 cm³/mol. The number of aliphatic carboxylic acids is 2. The van der Waals surface area contributed by atoms with Gasteiger partial charge in [0, 0.05) is 12.2 Å². The fraction of sp³-hybridized carbons (Fsp3) is 0.467. The van der Waals surface area contributed by atoms with Gasteiger partial charge in [-0.15, -0.1) is 13.2 Å². The van der Waals surface area contributed by atoms with E-state index in [-0.39, 0.29) is 24.1 Å². The number of carboxylic acid groups (broad SMARTS) is 2. The Morgan fingerprint density at radius 3 is 1.26 bits per heavy atom. The average molecular weight is 727 g/mol. The zero-order chi connectivity index (χ0) is 38.3. The van der Waals surface area contributed by atoms with Crippen LogP contribution >= 0.6 is 0 Å². The Hall–Kier alpha value is -4.72. The second-order valence-corrected chi connectivity index (χ2v) is 14.2. The number of allylic oxidation sites excluding steroid dienone is 2. The summed E-state index contributed by atoms with van der Waals surface area (Å²) in [4.78, 5) is 45.6. The molecule has 2 aliphatic rings. The van der Waals surface area contributed by atoms with E-state index in [0.29, 0.717) is 11.1 Å². The minimum absolute atomic E-state index is 0.0125. The molecule has 8 heteroatoms. The molecule has 0 amide bonds. The summed E-state index contributed by atoms with van der Waals surface area (Å²) in [6.07, 6.45) is 28.5. The molecule has 0 spiro atoms. The van der Waals surface area contributed by atoms with Gasteiger partial charge in [0.05, 0.1) is 11.1 Å². The van der Waals surface area contributed by atoms with E-state index in [1.807, 2.05) is 12.2 Å². The molecule has 2 aliphatic carbocycles. The smallest absolute Gasteiger partial charge is 0.338 e. The van der Waals surface area contributed by atoms with Gasteiger partial charge in [-0.05, 0) is 136 Å². The van der Waals surface area contributed by atoms with Crippen LogP contribution in [-0.2, 0) is 19.1 Å². The van der Waals surface area contributed by atoms with E-state index in [2.05, 4.69) is 13.2 Å². The molecule has 4 rings (SSSR count). The molecule has 8 nitrogen and oxygen atoms in total. The Morgan fingerprint density at radius 2 is 0.906 bits per heavy atom. The van der Waals surface area contributed by atoms with Gasteiger partial charge < -0.3 is 19.7 Å². The maximum absolute atomic E-state index is 12.3. The van der Waals surface area contributed by atoms with E-state index < -0.39 is 11.9 Å². The standard InChI is InChI=1S/C23H30O4.C22H28O4/c1-2-3-4-5-6-7-18-10-15-21(16-11-18)27-23(26)20-13-8-19(9-14-20)12-17-22(24)25;1-2-3-4-5-6-17-9-14-20(15-10-17)26-22(25)19-12-7-18(8-13-19)11-16-21(23)24/h2,8-9,12-14,17-18,21H,1,3-7,10-11,15-16H2,(H,24,25);2,7-8,11-13,16-17,20H,1,3-6,9-10,14-15H2,(H,23,24)/b17-12+;16-11+. The Morgan fingerprint density at radius 1 is 0.547 bits per heavy atom. The van der Waals surface area contributed by atoms with Crippen molar-refractivity contribution in [2.45, 2.75) is 121 Å². The van der Waals surface area contributed by atoms with Gasteiger partial charge >= 0.3 is 23.9 Å². The number of carbonyl (C=O) groups is 4. The molecule has 0 aromatic heterocycles. The molecule has 2 aromatic rings. The molecular formula is C45H58O8. The SMILES string of the molecule is C=CCCCCC1CCC(OC(=O)c2ccc(/C=C/C(=O)O)cc2)CC1.C=CCCCCCC1CCC(OC(=O)c2ccc(/C=C/C(=O)O)cc2)CC1. The molecule has 0 heterocycles. The third-order valence-corrected chi connectivity index (χ3v) is 10.1. The van der Waals surface area contributed by atoms with Gasteiger partial charge in [-0.2, -0.15) is 0 Å². The maximum atomic E-state index is 12.3. The summed E-state index contributed by atoms with van der Waals surface area (Å²) in [7, 11) is 0. The maximum Gasteiger partial charge on any atom is 0.338 e. The van der Waals surface area contributed by atoms with Gasteiger partial charge in [0.25, 0.3) is 0 Å².